The molecule has 2 heterocycles. The lowest BCUT2D eigenvalue weighted by Gasteiger charge is -2.12. The average molecular weight is 341 g/mol. The van der Waals surface area contributed by atoms with Crippen LogP contribution >= 0.6 is 24.0 Å². The molecule has 22 heavy (non-hydrogen) atoms. The second kappa shape index (κ2) is 7.63. The monoisotopic (exact) mass is 340 g/mol. The van der Waals surface area contributed by atoms with Crippen molar-refractivity contribution in [2.45, 2.75) is 19.4 Å². The quantitative estimate of drug-likeness (QED) is 0.798. The van der Waals surface area contributed by atoms with Gasteiger partial charge >= 0.3 is 0 Å². The van der Waals surface area contributed by atoms with Crippen LogP contribution in [-0.4, -0.2) is 29.2 Å². The molecule has 0 radical (unpaired) electrons. The number of carbonyl (C=O) groups is 1. The summed E-state index contributed by atoms with van der Waals surface area (Å²) in [5.74, 6) is -0.127. The van der Waals surface area contributed by atoms with E-state index in [4.69, 9.17) is 11.6 Å². The summed E-state index contributed by atoms with van der Waals surface area (Å²) < 4.78 is 0. The Balaban J connectivity index is 0.00000176. The van der Waals surface area contributed by atoms with E-state index < -0.39 is 0 Å². The number of amides is 1. The van der Waals surface area contributed by atoms with Crippen molar-refractivity contribution in [3.63, 3.8) is 0 Å². The number of benzene rings is 1. The number of fused-ring (bicyclic) bond motifs is 1. The predicted octanol–water partition coefficient (Wildman–Crippen LogP) is 2.10. The fourth-order valence-corrected chi connectivity index (χ4v) is 2.72. The molecule has 1 amide bonds. The molecule has 0 aliphatic carbocycles. The molecule has 0 atom stereocenters. The first-order chi connectivity index (χ1) is 10.2. The van der Waals surface area contributed by atoms with Gasteiger partial charge in [0.25, 0.3) is 5.91 Å². The van der Waals surface area contributed by atoms with Crippen LogP contribution in [0.1, 0.15) is 27.3 Å². The molecule has 0 spiro atoms. The molecule has 0 bridgehead atoms. The van der Waals surface area contributed by atoms with Crippen molar-refractivity contribution >= 4 is 29.9 Å². The van der Waals surface area contributed by atoms with E-state index in [1.54, 1.807) is 0 Å². The van der Waals surface area contributed by atoms with Crippen LogP contribution in [0.5, 0.6) is 0 Å². The second-order valence-electron chi connectivity index (χ2n) is 5.09. The summed E-state index contributed by atoms with van der Waals surface area (Å²) in [5.41, 5.74) is 3.66. The maximum atomic E-state index is 12.2. The lowest BCUT2D eigenvalue weighted by atomic mass is 10.1. The summed E-state index contributed by atoms with van der Waals surface area (Å²) in [6.07, 6.45) is 1.63. The van der Waals surface area contributed by atoms with Gasteiger partial charge in [-0.05, 0) is 24.1 Å². The fraction of sp³-hybridized carbons (Fsp3) is 0.333. The molecule has 1 aromatic heterocycles. The third kappa shape index (κ3) is 3.80. The number of nitrogens with zero attached hydrogens (tertiary/aromatic N) is 1. The van der Waals surface area contributed by atoms with Crippen LogP contribution in [0.15, 0.2) is 24.3 Å². The van der Waals surface area contributed by atoms with Crippen molar-refractivity contribution in [1.82, 2.24) is 20.8 Å². The predicted molar refractivity (Wildman–Crippen MR) is 88.7 cm³/mol. The summed E-state index contributed by atoms with van der Waals surface area (Å²) in [4.78, 5) is 12.2. The number of halogens is 2. The Morgan fingerprint density at radius 2 is 2.27 bits per heavy atom. The number of aromatic nitrogens is 2. The van der Waals surface area contributed by atoms with Crippen LogP contribution in [0.4, 0.5) is 0 Å². The molecule has 1 aliphatic rings. The normalized spacial score (nSPS) is 13.1. The van der Waals surface area contributed by atoms with Crippen LogP contribution in [0.25, 0.3) is 0 Å². The summed E-state index contributed by atoms with van der Waals surface area (Å²) in [5, 5.41) is 14.0. The minimum absolute atomic E-state index is 0. The van der Waals surface area contributed by atoms with Gasteiger partial charge in [0.15, 0.2) is 5.69 Å². The van der Waals surface area contributed by atoms with E-state index in [9.17, 15) is 4.79 Å². The minimum atomic E-state index is -0.127. The van der Waals surface area contributed by atoms with Gasteiger partial charge in [-0.2, -0.15) is 5.10 Å². The minimum Gasteiger partial charge on any atom is -0.350 e. The molecule has 0 unspecified atom stereocenters. The van der Waals surface area contributed by atoms with E-state index in [1.165, 1.54) is 0 Å². The molecule has 1 aliphatic heterocycles. The van der Waals surface area contributed by atoms with Crippen molar-refractivity contribution in [2.75, 3.05) is 13.1 Å². The van der Waals surface area contributed by atoms with Gasteiger partial charge < -0.3 is 10.6 Å². The number of nitrogens with one attached hydrogen (secondary N) is 3. The molecular weight excluding hydrogens is 323 g/mol. The molecule has 3 rings (SSSR count). The third-order valence-electron chi connectivity index (χ3n) is 3.61. The zero-order valence-corrected chi connectivity index (χ0v) is 13.6. The summed E-state index contributed by atoms with van der Waals surface area (Å²) in [6, 6.07) is 7.66. The molecule has 3 N–H and O–H groups in total. The maximum Gasteiger partial charge on any atom is 0.272 e. The molecule has 0 fully saturated rings. The van der Waals surface area contributed by atoms with Gasteiger partial charge in [-0.1, -0.05) is 23.7 Å². The Hall–Kier alpha value is -1.56. The highest BCUT2D eigenvalue weighted by Gasteiger charge is 2.20. The molecular formula is C15H18Cl2N4O. The summed E-state index contributed by atoms with van der Waals surface area (Å²) in [7, 11) is 0. The summed E-state index contributed by atoms with van der Waals surface area (Å²) >= 11 is 5.94. The van der Waals surface area contributed by atoms with Crippen LogP contribution < -0.4 is 10.6 Å². The van der Waals surface area contributed by atoms with E-state index in [2.05, 4.69) is 20.8 Å². The maximum absolute atomic E-state index is 12.2. The van der Waals surface area contributed by atoms with Gasteiger partial charge in [-0.25, -0.2) is 0 Å². The molecule has 0 saturated heterocycles. The van der Waals surface area contributed by atoms with Crippen molar-refractivity contribution in [3.8, 4) is 0 Å². The number of hydrogen-bond acceptors (Lipinski definition) is 3. The first kappa shape index (κ1) is 16.8. The SMILES string of the molecule is Cl.O=C(NCCc1cccc(Cl)c1)c1n[nH]c2c1CNCC2. The first-order valence-electron chi connectivity index (χ1n) is 7.03. The molecule has 1 aromatic carbocycles. The van der Waals surface area contributed by atoms with E-state index in [0.717, 1.165) is 36.2 Å². The van der Waals surface area contributed by atoms with Crippen LogP contribution in [-0.2, 0) is 19.4 Å². The van der Waals surface area contributed by atoms with Crippen molar-refractivity contribution < 1.29 is 4.79 Å². The van der Waals surface area contributed by atoms with Crippen LogP contribution in [0.2, 0.25) is 5.02 Å². The van der Waals surface area contributed by atoms with E-state index in [-0.39, 0.29) is 18.3 Å². The van der Waals surface area contributed by atoms with Gasteiger partial charge in [0.2, 0.25) is 0 Å². The number of rotatable bonds is 4. The van der Waals surface area contributed by atoms with Crippen molar-refractivity contribution in [1.29, 1.82) is 0 Å². The number of hydrogen-bond donors (Lipinski definition) is 3. The molecule has 7 heteroatoms. The Bertz CT molecular complexity index is 657. The third-order valence-corrected chi connectivity index (χ3v) is 3.84. The Morgan fingerprint density at radius 1 is 1.41 bits per heavy atom. The first-order valence-corrected chi connectivity index (χ1v) is 7.41. The van der Waals surface area contributed by atoms with Crippen LogP contribution in [0, 0.1) is 0 Å². The Morgan fingerprint density at radius 3 is 3.09 bits per heavy atom. The summed E-state index contributed by atoms with van der Waals surface area (Å²) in [6.45, 7) is 2.18. The number of carbonyl (C=O) groups excluding carboxylic acids is 1. The fourth-order valence-electron chi connectivity index (χ4n) is 2.51. The van der Waals surface area contributed by atoms with Crippen molar-refractivity contribution in [2.24, 2.45) is 0 Å². The Kier molecular flexibility index (Phi) is 5.83. The van der Waals surface area contributed by atoms with Gasteiger partial charge in [0, 0.05) is 42.3 Å². The molecule has 2 aromatic rings. The van der Waals surface area contributed by atoms with Gasteiger partial charge in [0.05, 0.1) is 0 Å². The van der Waals surface area contributed by atoms with Gasteiger partial charge in [-0.3, -0.25) is 9.89 Å². The highest BCUT2D eigenvalue weighted by molar-refractivity contribution is 6.30. The van der Waals surface area contributed by atoms with E-state index in [0.29, 0.717) is 23.8 Å². The molecule has 118 valence electrons. The average Bonchev–Trinajstić information content (AvgIpc) is 2.91. The van der Waals surface area contributed by atoms with E-state index in [1.807, 2.05) is 24.3 Å². The van der Waals surface area contributed by atoms with Crippen molar-refractivity contribution in [3.05, 3.63) is 51.8 Å². The lowest BCUT2D eigenvalue weighted by Crippen LogP contribution is -2.29. The largest absolute Gasteiger partial charge is 0.350 e. The molecule has 5 nitrogen and oxygen atoms in total. The second-order valence-corrected chi connectivity index (χ2v) is 5.53. The van der Waals surface area contributed by atoms with Gasteiger partial charge in [-0.15, -0.1) is 12.4 Å². The van der Waals surface area contributed by atoms with E-state index >= 15 is 0 Å². The highest BCUT2D eigenvalue weighted by atomic mass is 35.5. The number of aromatic amines is 1. The zero-order valence-electron chi connectivity index (χ0n) is 12.0. The van der Waals surface area contributed by atoms with Gasteiger partial charge in [0.1, 0.15) is 0 Å². The Labute approximate surface area is 140 Å². The van der Waals surface area contributed by atoms with Crippen LogP contribution in [0.3, 0.4) is 0 Å². The zero-order chi connectivity index (χ0) is 14.7. The standard InChI is InChI=1S/C15H17ClN4O.ClH/c16-11-3-1-2-10(8-11)4-7-18-15(21)14-12-9-17-6-5-13(12)19-20-14;/h1-3,8,17H,4-7,9H2,(H,18,21)(H,19,20);1H. The highest BCUT2D eigenvalue weighted by Crippen LogP contribution is 2.15. The molecule has 0 saturated carbocycles. The number of H-pyrrole nitrogens is 1. The smallest absolute Gasteiger partial charge is 0.272 e. The topological polar surface area (TPSA) is 69.8 Å². The lowest BCUT2D eigenvalue weighted by molar-refractivity contribution is 0.0948.